The first-order valence-electron chi connectivity index (χ1n) is 13.6. The second-order valence-electron chi connectivity index (χ2n) is 9.80. The van der Waals surface area contributed by atoms with Gasteiger partial charge in [0.2, 0.25) is 11.9 Å². The molecule has 1 fully saturated rings. The number of morpholine rings is 1. The number of halogens is 2. The van der Waals surface area contributed by atoms with Crippen LogP contribution in [0, 0.1) is 0 Å². The van der Waals surface area contributed by atoms with Gasteiger partial charge in [0.05, 0.1) is 29.4 Å². The lowest BCUT2D eigenvalue weighted by molar-refractivity contribution is -0.142. The van der Waals surface area contributed by atoms with Gasteiger partial charge in [0.25, 0.3) is 0 Å². The van der Waals surface area contributed by atoms with E-state index in [0.29, 0.717) is 43.3 Å². The van der Waals surface area contributed by atoms with E-state index >= 15 is 0 Å². The van der Waals surface area contributed by atoms with Crippen LogP contribution < -0.4 is 20.3 Å². The second-order valence-corrected chi connectivity index (χ2v) is 9.80. The summed E-state index contributed by atoms with van der Waals surface area (Å²) in [5.74, 6) is 0.0804. The minimum Gasteiger partial charge on any atom is -0.433 e. The Morgan fingerprint density at radius 1 is 1.21 bits per heavy atom. The molecule has 1 amide bonds. The van der Waals surface area contributed by atoms with Gasteiger partial charge >= 0.3 is 6.61 Å². The normalized spacial score (nSPS) is 13.8. The molecule has 0 atom stereocenters. The molecule has 3 heterocycles. The lowest BCUT2D eigenvalue weighted by atomic mass is 10.1. The summed E-state index contributed by atoms with van der Waals surface area (Å²) in [6, 6.07) is 13.0. The summed E-state index contributed by atoms with van der Waals surface area (Å²) in [6.07, 6.45) is 7.18. The highest BCUT2D eigenvalue weighted by Crippen LogP contribution is 2.39. The number of hydrogen-bond donors (Lipinski definition) is 2. The van der Waals surface area contributed by atoms with E-state index in [1.807, 2.05) is 67.0 Å². The molecule has 10 nitrogen and oxygen atoms in total. The molecule has 0 saturated carbocycles. The molecule has 1 saturated heterocycles. The van der Waals surface area contributed by atoms with E-state index in [0.717, 1.165) is 16.5 Å². The number of carbonyl (C=O) groups is 1. The maximum atomic E-state index is 13.6. The molecule has 2 aromatic heterocycles. The van der Waals surface area contributed by atoms with Crippen LogP contribution in [0.1, 0.15) is 6.92 Å². The van der Waals surface area contributed by atoms with Gasteiger partial charge in [-0.1, -0.05) is 24.3 Å². The molecule has 1 aliphatic rings. The zero-order chi connectivity index (χ0) is 29.6. The summed E-state index contributed by atoms with van der Waals surface area (Å²) in [6.45, 7) is 0.799. The van der Waals surface area contributed by atoms with Gasteiger partial charge in [0, 0.05) is 68.7 Å². The lowest BCUT2D eigenvalue weighted by Gasteiger charge is -2.30. The average molecular weight is 578 g/mol. The number of aromatic nitrogens is 3. The maximum Gasteiger partial charge on any atom is 0.387 e. The van der Waals surface area contributed by atoms with Gasteiger partial charge in [-0.05, 0) is 31.3 Å². The van der Waals surface area contributed by atoms with Crippen molar-refractivity contribution in [3.8, 4) is 17.0 Å². The van der Waals surface area contributed by atoms with Crippen molar-refractivity contribution in [1.82, 2.24) is 19.4 Å². The van der Waals surface area contributed by atoms with Gasteiger partial charge in [-0.2, -0.15) is 8.78 Å². The molecule has 5 rings (SSSR count). The van der Waals surface area contributed by atoms with E-state index in [9.17, 15) is 13.6 Å². The van der Waals surface area contributed by atoms with Crippen LogP contribution in [0.25, 0.3) is 22.2 Å². The zero-order valence-electron chi connectivity index (χ0n) is 23.7. The van der Waals surface area contributed by atoms with Crippen LogP contribution in [-0.4, -0.2) is 71.8 Å². The quantitative estimate of drug-likeness (QED) is 0.251. The van der Waals surface area contributed by atoms with Crippen molar-refractivity contribution in [2.24, 2.45) is 7.05 Å². The van der Waals surface area contributed by atoms with Gasteiger partial charge in [0.1, 0.15) is 6.61 Å². The van der Waals surface area contributed by atoms with Crippen LogP contribution >= 0.6 is 0 Å². The molecule has 0 unspecified atom stereocenters. The number of carbonyl (C=O) groups excluding carboxylic acids is 1. The van der Waals surface area contributed by atoms with Crippen molar-refractivity contribution in [3.05, 3.63) is 67.1 Å². The summed E-state index contributed by atoms with van der Waals surface area (Å²) in [5.41, 5.74) is 4.18. The highest BCUT2D eigenvalue weighted by atomic mass is 19.3. The fourth-order valence-corrected chi connectivity index (χ4v) is 4.88. The Morgan fingerprint density at radius 2 is 2.05 bits per heavy atom. The van der Waals surface area contributed by atoms with Crippen molar-refractivity contribution < 1.29 is 23.0 Å². The molecule has 0 aliphatic carbocycles. The third-order valence-corrected chi connectivity index (χ3v) is 6.99. The minimum atomic E-state index is -3.05. The second kappa shape index (κ2) is 12.9. The first kappa shape index (κ1) is 28.8. The highest BCUT2D eigenvalue weighted by Gasteiger charge is 2.21. The van der Waals surface area contributed by atoms with Crippen LogP contribution in [0.2, 0.25) is 0 Å². The Kier molecular flexibility index (Phi) is 8.82. The van der Waals surface area contributed by atoms with Crippen LogP contribution in [0.15, 0.2) is 67.1 Å². The number of hydrogen-bond acceptors (Lipinski definition) is 8. The van der Waals surface area contributed by atoms with Gasteiger partial charge in [0.15, 0.2) is 5.75 Å². The summed E-state index contributed by atoms with van der Waals surface area (Å²) in [7, 11) is 3.80. The Hall–Kier alpha value is -4.71. The molecule has 0 spiro atoms. The number of likely N-dealkylation sites (N-methyl/N-ethyl adjacent to an activating group) is 1. The third-order valence-electron chi connectivity index (χ3n) is 6.99. The van der Waals surface area contributed by atoms with E-state index in [1.54, 1.807) is 29.4 Å². The van der Waals surface area contributed by atoms with E-state index in [2.05, 4.69) is 20.6 Å². The first-order valence-corrected chi connectivity index (χ1v) is 13.6. The smallest absolute Gasteiger partial charge is 0.387 e. The molecule has 1 aliphatic heterocycles. The summed E-state index contributed by atoms with van der Waals surface area (Å²) in [4.78, 5) is 24.8. The largest absolute Gasteiger partial charge is 0.433 e. The van der Waals surface area contributed by atoms with Crippen LogP contribution in [0.5, 0.6) is 5.75 Å². The number of amides is 1. The number of rotatable bonds is 11. The molecular weight excluding hydrogens is 544 g/mol. The van der Waals surface area contributed by atoms with Gasteiger partial charge in [-0.3, -0.25) is 4.79 Å². The molecule has 12 heteroatoms. The van der Waals surface area contributed by atoms with Crippen LogP contribution in [-0.2, 0) is 16.6 Å². The Labute approximate surface area is 242 Å². The highest BCUT2D eigenvalue weighted by molar-refractivity contribution is 5.95. The molecule has 2 aromatic carbocycles. The van der Waals surface area contributed by atoms with E-state index in [-0.39, 0.29) is 29.9 Å². The monoisotopic (exact) mass is 577 g/mol. The summed E-state index contributed by atoms with van der Waals surface area (Å²) >= 11 is 0. The molecule has 0 radical (unpaired) electrons. The van der Waals surface area contributed by atoms with E-state index in [1.165, 1.54) is 6.07 Å². The molecule has 220 valence electrons. The number of para-hydroxylation sites is 1. The van der Waals surface area contributed by atoms with E-state index < -0.39 is 6.61 Å². The molecular formula is C30H33F2N7O3. The maximum absolute atomic E-state index is 13.6. The van der Waals surface area contributed by atoms with E-state index in [4.69, 9.17) is 9.47 Å². The molecule has 0 bridgehead atoms. The summed E-state index contributed by atoms with van der Waals surface area (Å²) < 4.78 is 39.3. The average Bonchev–Trinajstić information content (AvgIpc) is 3.32. The summed E-state index contributed by atoms with van der Waals surface area (Å²) in [5, 5.41) is 7.32. The first-order chi connectivity index (χ1) is 20.3. The van der Waals surface area contributed by atoms with Crippen LogP contribution in [0.3, 0.4) is 0 Å². The fraction of sp³-hybridized carbons (Fsp3) is 0.300. The third kappa shape index (κ3) is 6.44. The number of ether oxygens (including phenoxy) is 2. The number of alkyl halides is 2. The molecule has 4 aromatic rings. The van der Waals surface area contributed by atoms with Crippen molar-refractivity contribution in [2.75, 3.05) is 55.4 Å². The number of allylic oxidation sites excluding steroid dienone is 1. The predicted octanol–water partition coefficient (Wildman–Crippen LogP) is 5.22. The Balaban J connectivity index is 1.46. The standard InChI is InChI=1S/C30H33F2N7O3/c1-4-10-33-23-16-24(27(42-29(31)32)17-26(23)37(2)12-13-39-14-15-41-19-28(39)40)36-30-34-11-9-22(35-30)21-18-38(3)25-8-6-5-7-20(21)25/h4-11,16-18,29,33H,12-15,19H2,1-3H3,(H,34,35,36). The van der Waals surface area contributed by atoms with Crippen molar-refractivity contribution in [2.45, 2.75) is 13.5 Å². The van der Waals surface area contributed by atoms with Crippen molar-refractivity contribution in [3.63, 3.8) is 0 Å². The number of nitrogens with zero attached hydrogens (tertiary/aromatic N) is 5. The molecule has 2 N–H and O–H groups in total. The Bertz CT molecular complexity index is 1590. The number of benzene rings is 2. The lowest BCUT2D eigenvalue weighted by Crippen LogP contribution is -2.44. The Morgan fingerprint density at radius 3 is 2.83 bits per heavy atom. The number of fused-ring (bicyclic) bond motifs is 1. The number of anilines is 4. The molecule has 42 heavy (non-hydrogen) atoms. The van der Waals surface area contributed by atoms with Gasteiger partial charge < -0.3 is 34.5 Å². The van der Waals surface area contributed by atoms with Gasteiger partial charge in [-0.25, -0.2) is 9.97 Å². The van der Waals surface area contributed by atoms with Crippen molar-refractivity contribution >= 4 is 39.8 Å². The zero-order valence-corrected chi connectivity index (χ0v) is 23.7. The fourth-order valence-electron chi connectivity index (χ4n) is 4.88. The van der Waals surface area contributed by atoms with Crippen molar-refractivity contribution in [1.29, 1.82) is 0 Å². The predicted molar refractivity (Wildman–Crippen MR) is 159 cm³/mol. The minimum absolute atomic E-state index is 0.0638. The number of aryl methyl sites for hydroxylation is 1. The van der Waals surface area contributed by atoms with Gasteiger partial charge in [-0.15, -0.1) is 0 Å². The van der Waals surface area contributed by atoms with Crippen LogP contribution in [0.4, 0.5) is 31.8 Å². The number of nitrogens with one attached hydrogen (secondary N) is 2. The SMILES string of the molecule is CC=CNc1cc(Nc2nccc(-c3cn(C)c4ccccc34)n2)c(OC(F)F)cc1N(C)CCN1CCOCC1=O. The topological polar surface area (TPSA) is 96.8 Å².